The van der Waals surface area contributed by atoms with Crippen molar-refractivity contribution < 1.29 is 0 Å². The predicted molar refractivity (Wildman–Crippen MR) is 86.1 cm³/mol. The third-order valence-electron chi connectivity index (χ3n) is 2.90. The van der Waals surface area contributed by atoms with Crippen molar-refractivity contribution in [3.8, 4) is 0 Å². The monoisotopic (exact) mass is 383 g/mol. The Bertz CT molecular complexity index is 572. The van der Waals surface area contributed by atoms with Crippen LogP contribution in [0.4, 0.5) is 5.82 Å². The highest BCUT2D eigenvalue weighted by Gasteiger charge is 2.10. The first kappa shape index (κ1) is 14.5. The molecule has 2 rings (SSSR count). The highest BCUT2D eigenvalue weighted by Crippen LogP contribution is 2.27. The van der Waals surface area contributed by atoms with Crippen molar-refractivity contribution in [2.24, 2.45) is 5.73 Å². The lowest BCUT2D eigenvalue weighted by molar-refractivity contribution is 0.872. The second-order valence-electron chi connectivity index (χ2n) is 4.29. The Morgan fingerprint density at radius 1 is 1.21 bits per heavy atom. The summed E-state index contributed by atoms with van der Waals surface area (Å²) in [6.45, 7) is 1.33. The average Bonchev–Trinajstić information content (AvgIpc) is 2.39. The highest BCUT2D eigenvalue weighted by molar-refractivity contribution is 9.11. The van der Waals surface area contributed by atoms with E-state index < -0.39 is 0 Å². The van der Waals surface area contributed by atoms with E-state index in [1.54, 1.807) is 6.20 Å². The Morgan fingerprint density at radius 3 is 2.53 bits per heavy atom. The van der Waals surface area contributed by atoms with Crippen molar-refractivity contribution >= 4 is 37.7 Å². The van der Waals surface area contributed by atoms with Crippen molar-refractivity contribution in [1.82, 2.24) is 4.98 Å². The quantitative estimate of drug-likeness (QED) is 0.873. The Balaban J connectivity index is 2.23. The van der Waals surface area contributed by atoms with Gasteiger partial charge in [0.2, 0.25) is 0 Å². The molecule has 1 aromatic carbocycles. The molecule has 0 atom stereocenters. The SMILES string of the molecule is CN(Cc1ccccc1CN)c1ncc(Br)cc1Br. The fourth-order valence-corrected chi connectivity index (χ4v) is 3.22. The van der Waals surface area contributed by atoms with Gasteiger partial charge in [0.05, 0.1) is 4.47 Å². The number of aromatic nitrogens is 1. The van der Waals surface area contributed by atoms with Crippen LogP contribution in [0.25, 0.3) is 0 Å². The number of nitrogens with zero attached hydrogens (tertiary/aromatic N) is 2. The molecule has 0 fully saturated rings. The van der Waals surface area contributed by atoms with Gasteiger partial charge in [-0.3, -0.25) is 0 Å². The molecule has 0 saturated heterocycles. The average molecular weight is 385 g/mol. The summed E-state index contributed by atoms with van der Waals surface area (Å²) in [6, 6.07) is 10.2. The second-order valence-corrected chi connectivity index (χ2v) is 6.06. The van der Waals surface area contributed by atoms with E-state index in [4.69, 9.17) is 5.73 Å². The molecule has 1 heterocycles. The first-order valence-electron chi connectivity index (χ1n) is 5.91. The molecule has 0 aliphatic heterocycles. The maximum absolute atomic E-state index is 5.77. The molecule has 100 valence electrons. The van der Waals surface area contributed by atoms with Crippen LogP contribution in [0.1, 0.15) is 11.1 Å². The lowest BCUT2D eigenvalue weighted by Gasteiger charge is -2.21. The van der Waals surface area contributed by atoms with E-state index in [1.165, 1.54) is 11.1 Å². The molecule has 3 nitrogen and oxygen atoms in total. The number of nitrogens with two attached hydrogens (primary N) is 1. The maximum Gasteiger partial charge on any atom is 0.142 e. The summed E-state index contributed by atoms with van der Waals surface area (Å²) < 4.78 is 1.92. The number of hydrogen-bond donors (Lipinski definition) is 1. The summed E-state index contributed by atoms with van der Waals surface area (Å²) in [4.78, 5) is 6.53. The van der Waals surface area contributed by atoms with Gasteiger partial charge in [-0.1, -0.05) is 24.3 Å². The molecule has 5 heteroatoms. The summed E-state index contributed by atoms with van der Waals surface area (Å²) in [5.74, 6) is 0.912. The highest BCUT2D eigenvalue weighted by atomic mass is 79.9. The first-order valence-corrected chi connectivity index (χ1v) is 7.49. The zero-order valence-electron chi connectivity index (χ0n) is 10.6. The van der Waals surface area contributed by atoms with Gasteiger partial charge in [-0.15, -0.1) is 0 Å². The van der Waals surface area contributed by atoms with Gasteiger partial charge in [0, 0.05) is 30.8 Å². The molecule has 0 unspecified atom stereocenters. The third kappa shape index (κ3) is 3.55. The number of hydrogen-bond acceptors (Lipinski definition) is 3. The fourth-order valence-electron chi connectivity index (χ4n) is 1.93. The molecule has 2 N–H and O–H groups in total. The van der Waals surface area contributed by atoms with Gasteiger partial charge in [-0.2, -0.15) is 0 Å². The van der Waals surface area contributed by atoms with E-state index in [1.807, 2.05) is 25.2 Å². The molecule has 0 saturated carbocycles. The molecule has 0 bridgehead atoms. The van der Waals surface area contributed by atoms with Crippen LogP contribution in [0.3, 0.4) is 0 Å². The zero-order valence-corrected chi connectivity index (χ0v) is 13.8. The molecule has 0 aliphatic rings. The van der Waals surface area contributed by atoms with E-state index in [0.29, 0.717) is 6.54 Å². The Hall–Kier alpha value is -0.910. The summed E-state index contributed by atoms with van der Waals surface area (Å²) in [5, 5.41) is 0. The Morgan fingerprint density at radius 2 is 1.89 bits per heavy atom. The third-order valence-corrected chi connectivity index (χ3v) is 3.91. The topological polar surface area (TPSA) is 42.1 Å². The van der Waals surface area contributed by atoms with Gasteiger partial charge in [-0.25, -0.2) is 4.98 Å². The molecule has 0 radical (unpaired) electrons. The predicted octanol–water partition coefficient (Wildman–Crippen LogP) is 3.70. The van der Waals surface area contributed by atoms with E-state index in [0.717, 1.165) is 21.3 Å². The van der Waals surface area contributed by atoms with E-state index in [2.05, 4.69) is 53.9 Å². The summed E-state index contributed by atoms with van der Waals surface area (Å²) >= 11 is 6.95. The van der Waals surface area contributed by atoms with Crippen molar-refractivity contribution in [2.45, 2.75) is 13.1 Å². The summed E-state index contributed by atoms with van der Waals surface area (Å²) in [7, 11) is 2.02. The van der Waals surface area contributed by atoms with Crippen molar-refractivity contribution in [2.75, 3.05) is 11.9 Å². The molecule has 1 aromatic heterocycles. The number of pyridine rings is 1. The van der Waals surface area contributed by atoms with Crippen LogP contribution in [0.2, 0.25) is 0 Å². The van der Waals surface area contributed by atoms with Crippen molar-refractivity contribution in [3.63, 3.8) is 0 Å². The van der Waals surface area contributed by atoms with Crippen molar-refractivity contribution in [3.05, 3.63) is 56.6 Å². The van der Waals surface area contributed by atoms with Crippen LogP contribution >= 0.6 is 31.9 Å². The van der Waals surface area contributed by atoms with Gasteiger partial charge in [0.25, 0.3) is 0 Å². The normalized spacial score (nSPS) is 10.5. The van der Waals surface area contributed by atoms with Gasteiger partial charge in [0.1, 0.15) is 5.82 Å². The lowest BCUT2D eigenvalue weighted by atomic mass is 10.1. The second kappa shape index (κ2) is 6.50. The van der Waals surface area contributed by atoms with E-state index in [9.17, 15) is 0 Å². The van der Waals surface area contributed by atoms with Crippen LogP contribution in [0.15, 0.2) is 45.5 Å². The molecule has 0 spiro atoms. The molecule has 0 amide bonds. The molecule has 0 aliphatic carbocycles. The minimum absolute atomic E-state index is 0.555. The largest absolute Gasteiger partial charge is 0.354 e. The van der Waals surface area contributed by atoms with Gasteiger partial charge < -0.3 is 10.6 Å². The number of rotatable bonds is 4. The number of benzene rings is 1. The minimum Gasteiger partial charge on any atom is -0.354 e. The Kier molecular flexibility index (Phi) is 4.96. The molecule has 19 heavy (non-hydrogen) atoms. The number of halogens is 2. The summed E-state index contributed by atoms with van der Waals surface area (Å²) in [5.41, 5.74) is 8.16. The van der Waals surface area contributed by atoms with E-state index >= 15 is 0 Å². The number of anilines is 1. The molecular weight excluding hydrogens is 370 g/mol. The standard InChI is InChI=1S/C14H15Br2N3/c1-19(14-13(16)6-12(15)8-18-14)9-11-5-3-2-4-10(11)7-17/h2-6,8H,7,9,17H2,1H3. The Labute approximate surface area is 130 Å². The van der Waals surface area contributed by atoms with Gasteiger partial charge in [0.15, 0.2) is 0 Å². The maximum atomic E-state index is 5.77. The van der Waals surface area contributed by atoms with Crippen LogP contribution < -0.4 is 10.6 Å². The zero-order chi connectivity index (χ0) is 13.8. The van der Waals surface area contributed by atoms with Crippen LogP contribution in [-0.2, 0) is 13.1 Å². The van der Waals surface area contributed by atoms with Gasteiger partial charge >= 0.3 is 0 Å². The van der Waals surface area contributed by atoms with Crippen molar-refractivity contribution in [1.29, 1.82) is 0 Å². The first-order chi connectivity index (χ1) is 9.11. The minimum atomic E-state index is 0.555. The summed E-state index contributed by atoms with van der Waals surface area (Å²) in [6.07, 6.45) is 1.80. The molecule has 2 aromatic rings. The molecular formula is C14H15Br2N3. The van der Waals surface area contributed by atoms with E-state index in [-0.39, 0.29) is 0 Å². The lowest BCUT2D eigenvalue weighted by Crippen LogP contribution is -2.19. The van der Waals surface area contributed by atoms with Crippen LogP contribution in [-0.4, -0.2) is 12.0 Å². The fraction of sp³-hybridized carbons (Fsp3) is 0.214. The van der Waals surface area contributed by atoms with Gasteiger partial charge in [-0.05, 0) is 49.1 Å². The van der Waals surface area contributed by atoms with Crippen LogP contribution in [0, 0.1) is 0 Å². The van der Waals surface area contributed by atoms with Crippen LogP contribution in [0.5, 0.6) is 0 Å². The smallest absolute Gasteiger partial charge is 0.142 e.